The van der Waals surface area contributed by atoms with E-state index >= 15 is 0 Å². The normalized spacial score (nSPS) is 18.4. The van der Waals surface area contributed by atoms with Crippen molar-refractivity contribution in [3.63, 3.8) is 0 Å². The molecule has 0 aromatic heterocycles. The molecule has 1 rings (SSSR count). The summed E-state index contributed by atoms with van der Waals surface area (Å²) in [6.45, 7) is 0. The van der Waals surface area contributed by atoms with Crippen molar-refractivity contribution in [2.75, 3.05) is 7.11 Å². The molecule has 2 N–H and O–H groups in total. The highest BCUT2D eigenvalue weighted by Crippen LogP contribution is 2.16. The van der Waals surface area contributed by atoms with Gasteiger partial charge in [0.2, 0.25) is 0 Å². The third-order valence-corrected chi connectivity index (χ3v) is 2.36. The van der Waals surface area contributed by atoms with Gasteiger partial charge in [-0.15, -0.1) is 0 Å². The fourth-order valence-corrected chi connectivity index (χ4v) is 1.59. The first-order valence-electron chi connectivity index (χ1n) is 5.08. The Kier molecular flexibility index (Phi) is 5.07. The Labute approximate surface area is 84.7 Å². The minimum Gasteiger partial charge on any atom is -0.504 e. The van der Waals surface area contributed by atoms with Crippen LogP contribution in [-0.4, -0.2) is 19.1 Å². The molecule has 0 spiro atoms. The molecule has 0 aromatic rings. The summed E-state index contributed by atoms with van der Waals surface area (Å²) >= 11 is 0. The molecule has 0 heterocycles. The van der Waals surface area contributed by atoms with Crippen LogP contribution in [0.3, 0.4) is 0 Å². The van der Waals surface area contributed by atoms with E-state index in [-0.39, 0.29) is 5.91 Å². The summed E-state index contributed by atoms with van der Waals surface area (Å²) in [4.78, 5) is 11.1. The monoisotopic (exact) mass is 198 g/mol. The van der Waals surface area contributed by atoms with Crippen molar-refractivity contribution in [2.24, 2.45) is 0 Å². The molecule has 14 heavy (non-hydrogen) atoms. The van der Waals surface area contributed by atoms with Gasteiger partial charge in [-0.1, -0.05) is 19.3 Å². The Morgan fingerprint density at radius 2 is 2.07 bits per heavy atom. The number of hydrazine groups is 1. The number of amides is 1. The largest absolute Gasteiger partial charge is 0.504 e. The van der Waals surface area contributed by atoms with Gasteiger partial charge in [0.25, 0.3) is 5.91 Å². The maximum Gasteiger partial charge on any atom is 0.261 e. The summed E-state index contributed by atoms with van der Waals surface area (Å²) < 4.78 is 4.64. The predicted octanol–water partition coefficient (Wildman–Crippen LogP) is 1.10. The summed E-state index contributed by atoms with van der Waals surface area (Å²) in [5.41, 5.74) is 5.66. The van der Waals surface area contributed by atoms with E-state index in [1.54, 1.807) is 0 Å². The number of nitrogens with one attached hydrogen (secondary N) is 2. The van der Waals surface area contributed by atoms with E-state index in [2.05, 4.69) is 15.6 Å². The second-order valence-corrected chi connectivity index (χ2v) is 3.51. The van der Waals surface area contributed by atoms with E-state index in [4.69, 9.17) is 0 Å². The van der Waals surface area contributed by atoms with Gasteiger partial charge in [-0.25, -0.2) is 5.43 Å². The molecule has 0 aromatic carbocycles. The van der Waals surface area contributed by atoms with Gasteiger partial charge in [-0.05, 0) is 12.8 Å². The standard InChI is InChI=1S/C10H18N2O2/c1-14-8-7-10(13)12-11-9-5-3-2-4-6-9/h7-9,11H,2-6H2,1H3,(H,12,13). The van der Waals surface area contributed by atoms with E-state index in [1.165, 1.54) is 38.7 Å². The second kappa shape index (κ2) is 6.43. The minimum absolute atomic E-state index is 0.169. The fourth-order valence-electron chi connectivity index (χ4n) is 1.59. The van der Waals surface area contributed by atoms with Crippen LogP contribution < -0.4 is 10.9 Å². The Morgan fingerprint density at radius 1 is 1.36 bits per heavy atom. The molecule has 0 bridgehead atoms. The van der Waals surface area contributed by atoms with Gasteiger partial charge < -0.3 is 4.74 Å². The lowest BCUT2D eigenvalue weighted by atomic mass is 9.96. The van der Waals surface area contributed by atoms with E-state index in [1.807, 2.05) is 0 Å². The van der Waals surface area contributed by atoms with E-state index in [0.717, 1.165) is 12.8 Å². The first-order chi connectivity index (χ1) is 6.83. The number of rotatable bonds is 4. The lowest BCUT2D eigenvalue weighted by Gasteiger charge is -2.22. The number of hydrogen-bond donors (Lipinski definition) is 2. The first-order valence-corrected chi connectivity index (χ1v) is 5.08. The van der Waals surface area contributed by atoms with Crippen LogP contribution in [0.5, 0.6) is 0 Å². The van der Waals surface area contributed by atoms with Crippen molar-refractivity contribution >= 4 is 5.91 Å². The van der Waals surface area contributed by atoms with Gasteiger partial charge >= 0.3 is 0 Å². The molecule has 1 aliphatic rings. The highest BCUT2D eigenvalue weighted by molar-refractivity contribution is 5.86. The van der Waals surface area contributed by atoms with Gasteiger partial charge in [-0.3, -0.25) is 10.2 Å². The molecule has 0 saturated heterocycles. The highest BCUT2D eigenvalue weighted by Gasteiger charge is 2.12. The Morgan fingerprint density at radius 3 is 2.71 bits per heavy atom. The van der Waals surface area contributed by atoms with Crippen molar-refractivity contribution in [3.8, 4) is 0 Å². The third-order valence-electron chi connectivity index (χ3n) is 2.36. The summed E-state index contributed by atoms with van der Waals surface area (Å²) in [5, 5.41) is 0. The molecule has 0 unspecified atom stereocenters. The number of carbonyl (C=O) groups is 1. The topological polar surface area (TPSA) is 50.4 Å². The minimum atomic E-state index is -0.169. The molecule has 0 radical (unpaired) electrons. The molecular weight excluding hydrogens is 180 g/mol. The summed E-state index contributed by atoms with van der Waals surface area (Å²) in [5.74, 6) is -0.169. The molecule has 0 aliphatic heterocycles. The summed E-state index contributed by atoms with van der Waals surface area (Å²) in [7, 11) is 1.51. The maximum absolute atomic E-state index is 11.1. The average molecular weight is 198 g/mol. The van der Waals surface area contributed by atoms with Crippen molar-refractivity contribution in [1.29, 1.82) is 0 Å². The van der Waals surface area contributed by atoms with Gasteiger partial charge in [0, 0.05) is 12.1 Å². The smallest absolute Gasteiger partial charge is 0.261 e. The van der Waals surface area contributed by atoms with Crippen LogP contribution in [0.1, 0.15) is 32.1 Å². The zero-order chi connectivity index (χ0) is 10.2. The van der Waals surface area contributed by atoms with Crippen LogP contribution in [0.4, 0.5) is 0 Å². The molecular formula is C10H18N2O2. The van der Waals surface area contributed by atoms with Crippen LogP contribution in [0.2, 0.25) is 0 Å². The number of methoxy groups -OCH3 is 1. The van der Waals surface area contributed by atoms with Crippen LogP contribution in [0.15, 0.2) is 12.3 Å². The Bertz CT molecular complexity index is 198. The van der Waals surface area contributed by atoms with E-state index in [9.17, 15) is 4.79 Å². The number of ether oxygens (including phenoxy) is 1. The van der Waals surface area contributed by atoms with Gasteiger partial charge in [-0.2, -0.15) is 0 Å². The molecule has 1 aliphatic carbocycles. The van der Waals surface area contributed by atoms with Crippen LogP contribution >= 0.6 is 0 Å². The molecule has 4 heteroatoms. The van der Waals surface area contributed by atoms with E-state index in [0.29, 0.717) is 6.04 Å². The van der Waals surface area contributed by atoms with Crippen molar-refractivity contribution in [2.45, 2.75) is 38.1 Å². The van der Waals surface area contributed by atoms with Crippen LogP contribution in [0, 0.1) is 0 Å². The van der Waals surface area contributed by atoms with Gasteiger partial charge in [0.05, 0.1) is 13.4 Å². The highest BCUT2D eigenvalue weighted by atomic mass is 16.5. The van der Waals surface area contributed by atoms with Gasteiger partial charge in [0.1, 0.15) is 0 Å². The third kappa shape index (κ3) is 4.28. The van der Waals surface area contributed by atoms with E-state index < -0.39 is 0 Å². The van der Waals surface area contributed by atoms with Crippen LogP contribution in [0.25, 0.3) is 0 Å². The molecule has 1 amide bonds. The molecule has 0 atom stereocenters. The lowest BCUT2D eigenvalue weighted by molar-refractivity contribution is -0.117. The first kappa shape index (κ1) is 11.0. The summed E-state index contributed by atoms with van der Waals surface area (Å²) in [6, 6.07) is 0.434. The fraction of sp³-hybridized carbons (Fsp3) is 0.700. The number of hydrogen-bond acceptors (Lipinski definition) is 3. The Balaban J connectivity index is 2.12. The zero-order valence-electron chi connectivity index (χ0n) is 8.58. The predicted molar refractivity (Wildman–Crippen MR) is 54.3 cm³/mol. The molecule has 1 saturated carbocycles. The van der Waals surface area contributed by atoms with Crippen molar-refractivity contribution < 1.29 is 9.53 Å². The van der Waals surface area contributed by atoms with Crippen molar-refractivity contribution in [3.05, 3.63) is 12.3 Å². The average Bonchev–Trinajstić information content (AvgIpc) is 2.25. The van der Waals surface area contributed by atoms with Crippen LogP contribution in [-0.2, 0) is 9.53 Å². The number of carbonyl (C=O) groups excluding carboxylic acids is 1. The lowest BCUT2D eigenvalue weighted by Crippen LogP contribution is -2.44. The van der Waals surface area contributed by atoms with Crippen molar-refractivity contribution in [1.82, 2.24) is 10.9 Å². The molecule has 4 nitrogen and oxygen atoms in total. The molecule has 80 valence electrons. The quantitative estimate of drug-likeness (QED) is 0.404. The van der Waals surface area contributed by atoms with Gasteiger partial charge in [0.15, 0.2) is 0 Å². The summed E-state index contributed by atoms with van der Waals surface area (Å²) in [6.07, 6.45) is 8.83. The maximum atomic E-state index is 11.1. The Hall–Kier alpha value is -1.03. The second-order valence-electron chi connectivity index (χ2n) is 3.51. The zero-order valence-corrected chi connectivity index (χ0v) is 8.58. The SMILES string of the molecule is COC=CC(=O)NNC1CCCCC1. The molecule has 1 fully saturated rings.